The normalized spacial score (nSPS) is 33.4. The number of rotatable bonds is 6. The summed E-state index contributed by atoms with van der Waals surface area (Å²) in [7, 11) is 1.77. The first-order chi connectivity index (χ1) is 8.01. The van der Waals surface area contributed by atoms with Gasteiger partial charge >= 0.3 is 0 Å². The molecule has 1 rings (SSSR count). The summed E-state index contributed by atoms with van der Waals surface area (Å²) < 4.78 is 5.47. The summed E-state index contributed by atoms with van der Waals surface area (Å²) in [4.78, 5) is 0. The van der Waals surface area contributed by atoms with Gasteiger partial charge in [-0.1, -0.05) is 0 Å². The van der Waals surface area contributed by atoms with Gasteiger partial charge in [0.1, 0.15) is 0 Å². The number of hydrogen-bond acceptors (Lipinski definition) is 4. The third-order valence-corrected chi connectivity index (χ3v) is 3.77. The highest BCUT2D eigenvalue weighted by Gasteiger charge is 2.36. The van der Waals surface area contributed by atoms with Crippen molar-refractivity contribution in [1.29, 1.82) is 0 Å². The maximum Gasteiger partial charge on any atom is 0.0589 e. The summed E-state index contributed by atoms with van der Waals surface area (Å²) in [6, 6.07) is 0.286. The van der Waals surface area contributed by atoms with Crippen molar-refractivity contribution >= 4 is 0 Å². The van der Waals surface area contributed by atoms with Gasteiger partial charge < -0.3 is 20.9 Å². The van der Waals surface area contributed by atoms with Gasteiger partial charge in [0, 0.05) is 25.2 Å². The van der Waals surface area contributed by atoms with E-state index in [0.29, 0.717) is 12.6 Å². The van der Waals surface area contributed by atoms with E-state index >= 15 is 0 Å². The minimum atomic E-state index is -0.269. The number of aliphatic hydroxyl groups excluding tert-OH is 1. The Labute approximate surface area is 105 Å². The Morgan fingerprint density at radius 1 is 1.53 bits per heavy atom. The molecule has 0 aromatic heterocycles. The van der Waals surface area contributed by atoms with E-state index in [-0.39, 0.29) is 17.7 Å². The van der Waals surface area contributed by atoms with E-state index in [4.69, 9.17) is 10.5 Å². The van der Waals surface area contributed by atoms with Crippen LogP contribution in [-0.4, -0.2) is 42.5 Å². The zero-order chi connectivity index (χ0) is 12.9. The van der Waals surface area contributed by atoms with Crippen molar-refractivity contribution in [3.05, 3.63) is 0 Å². The average molecular weight is 244 g/mol. The second kappa shape index (κ2) is 6.69. The van der Waals surface area contributed by atoms with Crippen LogP contribution < -0.4 is 11.1 Å². The lowest BCUT2D eigenvalue weighted by Crippen LogP contribution is -2.58. The Bertz CT molecular complexity index is 223. The Hall–Kier alpha value is -0.160. The Morgan fingerprint density at radius 3 is 2.76 bits per heavy atom. The van der Waals surface area contributed by atoms with Crippen molar-refractivity contribution in [2.75, 3.05) is 13.7 Å². The Kier molecular flexibility index (Phi) is 5.86. The molecule has 0 radical (unpaired) electrons. The lowest BCUT2D eigenvalue weighted by Gasteiger charge is -2.42. The molecule has 0 saturated heterocycles. The van der Waals surface area contributed by atoms with Gasteiger partial charge in [0.15, 0.2) is 0 Å². The van der Waals surface area contributed by atoms with E-state index in [0.717, 1.165) is 32.1 Å². The maximum atomic E-state index is 9.41. The van der Waals surface area contributed by atoms with Gasteiger partial charge in [-0.3, -0.25) is 0 Å². The first-order valence-electron chi connectivity index (χ1n) is 6.70. The second-order valence-electron chi connectivity index (χ2n) is 5.57. The van der Waals surface area contributed by atoms with Crippen LogP contribution in [-0.2, 0) is 4.74 Å². The lowest BCUT2D eigenvalue weighted by atomic mass is 9.79. The van der Waals surface area contributed by atoms with Crippen LogP contribution in [0.5, 0.6) is 0 Å². The molecule has 4 heteroatoms. The summed E-state index contributed by atoms with van der Waals surface area (Å²) in [6.45, 7) is 4.57. The van der Waals surface area contributed by atoms with E-state index in [2.05, 4.69) is 12.2 Å². The highest BCUT2D eigenvalue weighted by Crippen LogP contribution is 2.30. The SMILES string of the molecule is COC1CCCC(CN)(NC(C)CC(C)O)C1. The Balaban J connectivity index is 2.55. The summed E-state index contributed by atoms with van der Waals surface area (Å²) >= 11 is 0. The fraction of sp³-hybridized carbons (Fsp3) is 1.00. The van der Waals surface area contributed by atoms with Crippen LogP contribution in [0.25, 0.3) is 0 Å². The molecule has 4 N–H and O–H groups in total. The lowest BCUT2D eigenvalue weighted by molar-refractivity contribution is 0.0277. The van der Waals surface area contributed by atoms with Crippen molar-refractivity contribution < 1.29 is 9.84 Å². The van der Waals surface area contributed by atoms with Crippen molar-refractivity contribution in [2.45, 2.75) is 69.7 Å². The van der Waals surface area contributed by atoms with Crippen molar-refractivity contribution in [2.24, 2.45) is 5.73 Å². The number of methoxy groups -OCH3 is 1. The molecule has 4 unspecified atom stereocenters. The minimum absolute atomic E-state index is 0.00671. The number of ether oxygens (including phenoxy) is 1. The highest BCUT2D eigenvalue weighted by atomic mass is 16.5. The van der Waals surface area contributed by atoms with E-state index in [1.807, 2.05) is 6.92 Å². The molecule has 0 amide bonds. The zero-order valence-electron chi connectivity index (χ0n) is 11.4. The summed E-state index contributed by atoms with van der Waals surface area (Å²) in [5.41, 5.74) is 5.95. The second-order valence-corrected chi connectivity index (χ2v) is 5.57. The van der Waals surface area contributed by atoms with Gasteiger partial charge in [0.25, 0.3) is 0 Å². The van der Waals surface area contributed by atoms with Crippen molar-refractivity contribution in [3.63, 3.8) is 0 Å². The largest absolute Gasteiger partial charge is 0.393 e. The number of aliphatic hydroxyl groups is 1. The highest BCUT2D eigenvalue weighted by molar-refractivity contribution is 4.96. The van der Waals surface area contributed by atoms with Crippen molar-refractivity contribution in [1.82, 2.24) is 5.32 Å². The minimum Gasteiger partial charge on any atom is -0.393 e. The molecule has 17 heavy (non-hydrogen) atoms. The Morgan fingerprint density at radius 2 is 2.24 bits per heavy atom. The smallest absolute Gasteiger partial charge is 0.0589 e. The predicted molar refractivity (Wildman–Crippen MR) is 69.9 cm³/mol. The summed E-state index contributed by atoms with van der Waals surface area (Å²) in [5, 5.41) is 13.0. The van der Waals surface area contributed by atoms with Crippen LogP contribution in [0.4, 0.5) is 0 Å². The average Bonchev–Trinajstić information content (AvgIpc) is 2.28. The number of hydrogen-bond donors (Lipinski definition) is 3. The van der Waals surface area contributed by atoms with E-state index in [9.17, 15) is 5.11 Å². The fourth-order valence-corrected chi connectivity index (χ4v) is 2.98. The van der Waals surface area contributed by atoms with Gasteiger partial charge in [-0.15, -0.1) is 0 Å². The summed E-state index contributed by atoms with van der Waals surface area (Å²) in [6.07, 6.45) is 5.18. The molecule has 1 saturated carbocycles. The van der Waals surface area contributed by atoms with E-state index < -0.39 is 0 Å². The molecule has 0 heterocycles. The van der Waals surface area contributed by atoms with Crippen LogP contribution in [0.1, 0.15) is 46.0 Å². The fourth-order valence-electron chi connectivity index (χ4n) is 2.98. The molecule has 102 valence electrons. The zero-order valence-corrected chi connectivity index (χ0v) is 11.4. The van der Waals surface area contributed by atoms with E-state index in [1.54, 1.807) is 7.11 Å². The van der Waals surface area contributed by atoms with Gasteiger partial charge in [-0.25, -0.2) is 0 Å². The quantitative estimate of drug-likeness (QED) is 0.652. The third kappa shape index (κ3) is 4.54. The topological polar surface area (TPSA) is 67.5 Å². The molecule has 4 atom stereocenters. The molecule has 1 aliphatic carbocycles. The van der Waals surface area contributed by atoms with E-state index in [1.165, 1.54) is 0 Å². The van der Waals surface area contributed by atoms with Crippen LogP contribution in [0.3, 0.4) is 0 Å². The van der Waals surface area contributed by atoms with Crippen LogP contribution >= 0.6 is 0 Å². The molecule has 1 fully saturated rings. The predicted octanol–water partition coefficient (Wildman–Crippen LogP) is 1.02. The molecule has 0 aromatic rings. The van der Waals surface area contributed by atoms with Gasteiger partial charge in [-0.2, -0.15) is 0 Å². The van der Waals surface area contributed by atoms with Crippen molar-refractivity contribution in [3.8, 4) is 0 Å². The van der Waals surface area contributed by atoms with Crippen LogP contribution in [0.2, 0.25) is 0 Å². The number of nitrogens with one attached hydrogen (secondary N) is 1. The summed E-state index contributed by atoms with van der Waals surface area (Å²) in [5.74, 6) is 0. The van der Waals surface area contributed by atoms with Crippen LogP contribution in [0.15, 0.2) is 0 Å². The standard InChI is InChI=1S/C13H28N2O2/c1-10(7-11(2)16)15-13(9-14)6-4-5-12(8-13)17-3/h10-12,15-16H,4-9,14H2,1-3H3. The molecule has 1 aliphatic rings. The first kappa shape index (κ1) is 14.9. The molecule has 4 nitrogen and oxygen atoms in total. The van der Waals surface area contributed by atoms with Gasteiger partial charge in [-0.05, 0) is 46.0 Å². The van der Waals surface area contributed by atoms with Crippen LogP contribution in [0, 0.1) is 0 Å². The molecule has 0 aromatic carbocycles. The number of nitrogens with two attached hydrogens (primary N) is 1. The maximum absolute atomic E-state index is 9.41. The molecule has 0 aliphatic heterocycles. The monoisotopic (exact) mass is 244 g/mol. The first-order valence-corrected chi connectivity index (χ1v) is 6.70. The van der Waals surface area contributed by atoms with Gasteiger partial charge in [0.05, 0.1) is 12.2 Å². The molecular weight excluding hydrogens is 216 g/mol. The third-order valence-electron chi connectivity index (χ3n) is 3.77. The molecule has 0 spiro atoms. The molecule has 0 bridgehead atoms. The molecular formula is C13H28N2O2. The van der Waals surface area contributed by atoms with Gasteiger partial charge in [0.2, 0.25) is 0 Å².